The van der Waals surface area contributed by atoms with Crippen LogP contribution < -0.4 is 0 Å². The Bertz CT molecular complexity index is 434. The number of carbonyl (C=O) groups excluding carboxylic acids is 2. The average molecular weight is 340 g/mol. The van der Waals surface area contributed by atoms with Crippen LogP contribution in [0.5, 0.6) is 0 Å². The minimum Gasteiger partial charge on any atom is -0.444 e. The second-order valence-corrected chi connectivity index (χ2v) is 8.77. The minimum atomic E-state index is -0.509. The van der Waals surface area contributed by atoms with Crippen molar-refractivity contribution >= 4 is 12.2 Å². The molecule has 0 aromatic carbocycles. The van der Waals surface area contributed by atoms with Gasteiger partial charge in [0.2, 0.25) is 0 Å². The number of ether oxygens (including phenoxy) is 2. The fourth-order valence-electron chi connectivity index (χ4n) is 3.48. The molecular formula is C18H32N2O4. The third-order valence-electron chi connectivity index (χ3n) is 4.30. The highest BCUT2D eigenvalue weighted by atomic mass is 16.6. The maximum atomic E-state index is 12.5. The molecule has 24 heavy (non-hydrogen) atoms. The molecule has 2 amide bonds. The van der Waals surface area contributed by atoms with Crippen molar-refractivity contribution in [1.82, 2.24) is 9.80 Å². The lowest BCUT2D eigenvalue weighted by molar-refractivity contribution is 0.00230. The Morgan fingerprint density at radius 3 is 1.38 bits per heavy atom. The fourth-order valence-corrected chi connectivity index (χ4v) is 3.48. The first-order valence-corrected chi connectivity index (χ1v) is 8.97. The molecule has 2 aliphatic heterocycles. The van der Waals surface area contributed by atoms with Crippen LogP contribution in [0.2, 0.25) is 0 Å². The van der Waals surface area contributed by atoms with Gasteiger partial charge in [-0.1, -0.05) is 0 Å². The molecule has 6 heteroatoms. The van der Waals surface area contributed by atoms with E-state index in [1.165, 1.54) is 0 Å². The first-order valence-electron chi connectivity index (χ1n) is 8.97. The number of likely N-dealkylation sites (tertiary alicyclic amines) is 2. The molecule has 0 aromatic rings. The number of carbonyl (C=O) groups is 2. The van der Waals surface area contributed by atoms with Gasteiger partial charge in [0, 0.05) is 13.1 Å². The van der Waals surface area contributed by atoms with E-state index in [4.69, 9.17) is 9.47 Å². The third-order valence-corrected chi connectivity index (χ3v) is 4.30. The summed E-state index contributed by atoms with van der Waals surface area (Å²) in [6.07, 6.45) is 3.15. The number of rotatable bonds is 1. The zero-order valence-electron chi connectivity index (χ0n) is 15.9. The Balaban J connectivity index is 2.07. The molecule has 2 heterocycles. The Morgan fingerprint density at radius 2 is 1.08 bits per heavy atom. The van der Waals surface area contributed by atoms with Crippen LogP contribution in [-0.4, -0.2) is 58.4 Å². The van der Waals surface area contributed by atoms with Gasteiger partial charge < -0.3 is 19.3 Å². The summed E-state index contributed by atoms with van der Waals surface area (Å²) in [6, 6.07) is 0.0461. The predicted molar refractivity (Wildman–Crippen MR) is 91.9 cm³/mol. The molecule has 0 N–H and O–H groups in total. The minimum absolute atomic E-state index is 0.0230. The summed E-state index contributed by atoms with van der Waals surface area (Å²) >= 11 is 0. The van der Waals surface area contributed by atoms with Crippen LogP contribution in [0.3, 0.4) is 0 Å². The molecule has 2 fully saturated rings. The van der Waals surface area contributed by atoms with Crippen molar-refractivity contribution in [2.24, 2.45) is 0 Å². The number of hydrogen-bond acceptors (Lipinski definition) is 4. The van der Waals surface area contributed by atoms with Crippen LogP contribution in [-0.2, 0) is 9.47 Å². The molecule has 0 radical (unpaired) electrons. The second kappa shape index (κ2) is 6.81. The van der Waals surface area contributed by atoms with Crippen molar-refractivity contribution in [3.63, 3.8) is 0 Å². The van der Waals surface area contributed by atoms with Crippen LogP contribution in [0, 0.1) is 0 Å². The fraction of sp³-hybridized carbons (Fsp3) is 0.889. The molecule has 0 aliphatic carbocycles. The van der Waals surface area contributed by atoms with E-state index in [-0.39, 0.29) is 24.3 Å². The van der Waals surface area contributed by atoms with Gasteiger partial charge in [0.1, 0.15) is 11.2 Å². The monoisotopic (exact) mass is 340 g/mol. The molecule has 0 aromatic heterocycles. The van der Waals surface area contributed by atoms with E-state index in [2.05, 4.69) is 0 Å². The molecule has 0 bridgehead atoms. The van der Waals surface area contributed by atoms with Crippen LogP contribution in [0.15, 0.2) is 0 Å². The van der Waals surface area contributed by atoms with Crippen molar-refractivity contribution in [2.45, 2.75) is 90.5 Å². The summed E-state index contributed by atoms with van der Waals surface area (Å²) < 4.78 is 11.1. The average Bonchev–Trinajstić information content (AvgIpc) is 3.03. The topological polar surface area (TPSA) is 59.1 Å². The Labute approximate surface area is 145 Å². The van der Waals surface area contributed by atoms with Crippen LogP contribution in [0.25, 0.3) is 0 Å². The van der Waals surface area contributed by atoms with Crippen molar-refractivity contribution in [1.29, 1.82) is 0 Å². The largest absolute Gasteiger partial charge is 0.444 e. The zero-order chi connectivity index (χ0) is 18.1. The van der Waals surface area contributed by atoms with Crippen LogP contribution in [0.4, 0.5) is 9.59 Å². The van der Waals surface area contributed by atoms with E-state index in [1.54, 1.807) is 9.80 Å². The lowest BCUT2D eigenvalue weighted by atomic mass is 10.0. The van der Waals surface area contributed by atoms with Gasteiger partial charge in [-0.2, -0.15) is 0 Å². The number of hydrogen-bond donors (Lipinski definition) is 0. The molecule has 2 aliphatic rings. The number of nitrogens with zero attached hydrogens (tertiary/aromatic N) is 2. The smallest absolute Gasteiger partial charge is 0.410 e. The molecule has 0 spiro atoms. The molecule has 138 valence electrons. The van der Waals surface area contributed by atoms with Gasteiger partial charge in [-0.15, -0.1) is 0 Å². The van der Waals surface area contributed by atoms with Crippen LogP contribution in [0.1, 0.15) is 67.2 Å². The second-order valence-electron chi connectivity index (χ2n) is 8.77. The van der Waals surface area contributed by atoms with Gasteiger partial charge in [-0.25, -0.2) is 9.59 Å². The maximum Gasteiger partial charge on any atom is 0.410 e. The van der Waals surface area contributed by atoms with E-state index in [9.17, 15) is 9.59 Å². The van der Waals surface area contributed by atoms with E-state index >= 15 is 0 Å². The van der Waals surface area contributed by atoms with E-state index in [0.717, 1.165) is 25.7 Å². The third kappa shape index (κ3) is 4.77. The Kier molecular flexibility index (Phi) is 5.35. The molecule has 0 saturated carbocycles. The normalized spacial score (nSPS) is 25.1. The molecule has 2 rings (SSSR count). The molecule has 2 atom stereocenters. The van der Waals surface area contributed by atoms with Gasteiger partial charge in [0.05, 0.1) is 12.1 Å². The van der Waals surface area contributed by atoms with E-state index < -0.39 is 11.2 Å². The zero-order valence-corrected chi connectivity index (χ0v) is 15.9. The first-order chi connectivity index (χ1) is 11.0. The molecule has 2 saturated heterocycles. The molecule has 0 unspecified atom stereocenters. The van der Waals surface area contributed by atoms with Gasteiger partial charge in [-0.05, 0) is 67.2 Å². The van der Waals surface area contributed by atoms with Gasteiger partial charge in [0.15, 0.2) is 0 Å². The highest BCUT2D eigenvalue weighted by Crippen LogP contribution is 2.32. The maximum absolute atomic E-state index is 12.5. The van der Waals surface area contributed by atoms with E-state index in [0.29, 0.717) is 13.1 Å². The van der Waals surface area contributed by atoms with Crippen molar-refractivity contribution in [2.75, 3.05) is 13.1 Å². The summed E-state index contributed by atoms with van der Waals surface area (Å²) in [4.78, 5) is 28.6. The summed E-state index contributed by atoms with van der Waals surface area (Å²) in [5, 5.41) is 0. The van der Waals surface area contributed by atoms with Gasteiger partial charge in [0.25, 0.3) is 0 Å². The Morgan fingerprint density at radius 1 is 0.750 bits per heavy atom. The predicted octanol–water partition coefficient (Wildman–Crippen LogP) is 3.79. The van der Waals surface area contributed by atoms with Gasteiger partial charge in [-0.3, -0.25) is 0 Å². The first kappa shape index (κ1) is 18.9. The summed E-state index contributed by atoms with van der Waals surface area (Å²) in [7, 11) is 0. The van der Waals surface area contributed by atoms with Gasteiger partial charge >= 0.3 is 12.2 Å². The lowest BCUT2D eigenvalue weighted by Crippen LogP contribution is -2.51. The number of amides is 2. The summed E-state index contributed by atoms with van der Waals surface area (Å²) in [6.45, 7) is 12.6. The van der Waals surface area contributed by atoms with E-state index in [1.807, 2.05) is 41.5 Å². The van der Waals surface area contributed by atoms with Crippen molar-refractivity contribution in [3.8, 4) is 0 Å². The molecule has 6 nitrogen and oxygen atoms in total. The standard InChI is InChI=1S/C18H32N2O4/c1-17(2,3)23-15(21)19-11-7-9-13(19)14-10-8-12-20(14)16(22)24-18(4,5)6/h13-14H,7-12H2,1-6H3/t13-,14+. The highest BCUT2D eigenvalue weighted by Gasteiger charge is 2.43. The summed E-state index contributed by atoms with van der Waals surface area (Å²) in [5.41, 5.74) is -1.02. The van der Waals surface area contributed by atoms with Crippen molar-refractivity contribution in [3.05, 3.63) is 0 Å². The highest BCUT2D eigenvalue weighted by molar-refractivity contribution is 5.71. The quantitative estimate of drug-likeness (QED) is 0.729. The van der Waals surface area contributed by atoms with Crippen molar-refractivity contribution < 1.29 is 19.1 Å². The van der Waals surface area contributed by atoms with Crippen LogP contribution >= 0.6 is 0 Å². The summed E-state index contributed by atoms with van der Waals surface area (Å²) in [5.74, 6) is 0. The SMILES string of the molecule is CC(C)(C)OC(=O)N1CCC[C@@H]1[C@@H]1CCCN1C(=O)OC(C)(C)C. The molecular weight excluding hydrogens is 308 g/mol. The Hall–Kier alpha value is -1.46. The lowest BCUT2D eigenvalue weighted by Gasteiger charge is -2.36.